The molecule has 3 heterocycles. The van der Waals surface area contributed by atoms with Crippen molar-refractivity contribution in [3.05, 3.63) is 24.5 Å². The minimum absolute atomic E-state index is 0.234. The molecule has 2 aromatic rings. The standard InChI is InChI=1S/C13H17N5OS/c1-10-12(18-9-14-7-17-18)15-8-16-13(10)19-11-3-5-20(2)6-4-11/h7-9,11H,2-6H2,1H3. The average molecular weight is 291 g/mol. The van der Waals surface area contributed by atoms with E-state index in [0.717, 1.165) is 29.9 Å². The zero-order valence-corrected chi connectivity index (χ0v) is 12.2. The van der Waals surface area contributed by atoms with E-state index in [1.807, 2.05) is 6.92 Å². The maximum absolute atomic E-state index is 6.04. The summed E-state index contributed by atoms with van der Waals surface area (Å²) in [6, 6.07) is 0. The van der Waals surface area contributed by atoms with Crippen LogP contribution in [-0.2, 0) is 0 Å². The van der Waals surface area contributed by atoms with Crippen LogP contribution in [0.3, 0.4) is 0 Å². The maximum atomic E-state index is 6.04. The van der Waals surface area contributed by atoms with Crippen molar-refractivity contribution in [2.75, 3.05) is 11.5 Å². The zero-order valence-electron chi connectivity index (χ0n) is 11.4. The molecule has 106 valence electrons. The molecule has 1 aliphatic heterocycles. The Labute approximate surface area is 120 Å². The molecule has 2 aromatic heterocycles. The minimum atomic E-state index is 0.234. The van der Waals surface area contributed by atoms with E-state index in [0.29, 0.717) is 22.2 Å². The van der Waals surface area contributed by atoms with Gasteiger partial charge < -0.3 is 4.74 Å². The van der Waals surface area contributed by atoms with Crippen LogP contribution < -0.4 is 4.74 Å². The van der Waals surface area contributed by atoms with Crippen molar-refractivity contribution in [1.29, 1.82) is 0 Å². The molecule has 3 rings (SSSR count). The molecule has 6 nitrogen and oxygen atoms in total. The Kier molecular flexibility index (Phi) is 3.77. The summed E-state index contributed by atoms with van der Waals surface area (Å²) in [5.74, 6) is 7.77. The van der Waals surface area contributed by atoms with Crippen LogP contribution in [0.2, 0.25) is 0 Å². The fourth-order valence-electron chi connectivity index (χ4n) is 2.21. The number of hydrogen-bond acceptors (Lipinski definition) is 5. The third kappa shape index (κ3) is 2.72. The molecule has 0 aromatic carbocycles. The molecule has 0 bridgehead atoms. The number of hydrogen-bond donors (Lipinski definition) is 0. The van der Waals surface area contributed by atoms with Gasteiger partial charge in [-0.25, -0.2) is 19.6 Å². The van der Waals surface area contributed by atoms with Crippen molar-refractivity contribution in [3.8, 4) is 11.7 Å². The summed E-state index contributed by atoms with van der Waals surface area (Å²) in [5, 5.41) is 4.10. The lowest BCUT2D eigenvalue weighted by Gasteiger charge is -2.25. The predicted molar refractivity (Wildman–Crippen MR) is 79.8 cm³/mol. The van der Waals surface area contributed by atoms with Gasteiger partial charge in [0.15, 0.2) is 5.82 Å². The first-order chi connectivity index (χ1) is 9.74. The SMILES string of the molecule is C=S1CCC(Oc2ncnc(-n3cncn3)c2C)CC1. The molecular weight excluding hydrogens is 274 g/mol. The Morgan fingerprint density at radius 1 is 1.30 bits per heavy atom. The van der Waals surface area contributed by atoms with Crippen molar-refractivity contribution in [3.63, 3.8) is 0 Å². The summed E-state index contributed by atoms with van der Waals surface area (Å²) < 4.78 is 7.66. The first-order valence-corrected chi connectivity index (χ1v) is 8.27. The number of nitrogens with zero attached hydrogens (tertiary/aromatic N) is 5. The van der Waals surface area contributed by atoms with Crippen molar-refractivity contribution in [1.82, 2.24) is 24.7 Å². The van der Waals surface area contributed by atoms with Gasteiger partial charge in [0.2, 0.25) is 5.88 Å². The molecule has 0 aliphatic carbocycles. The molecule has 0 N–H and O–H groups in total. The van der Waals surface area contributed by atoms with Crippen LogP contribution in [0.25, 0.3) is 5.82 Å². The van der Waals surface area contributed by atoms with E-state index in [1.54, 1.807) is 11.0 Å². The van der Waals surface area contributed by atoms with Gasteiger partial charge in [-0.3, -0.25) is 0 Å². The summed E-state index contributed by atoms with van der Waals surface area (Å²) in [7, 11) is 0.312. The van der Waals surface area contributed by atoms with Crippen molar-refractivity contribution < 1.29 is 4.74 Å². The third-order valence-corrected chi connectivity index (χ3v) is 5.01. The van der Waals surface area contributed by atoms with Gasteiger partial charge in [-0.15, -0.1) is 0 Å². The van der Waals surface area contributed by atoms with Crippen LogP contribution in [0.15, 0.2) is 19.0 Å². The highest BCUT2D eigenvalue weighted by Gasteiger charge is 2.19. The quantitative estimate of drug-likeness (QED) is 0.804. The summed E-state index contributed by atoms with van der Waals surface area (Å²) in [5.41, 5.74) is 0.886. The molecule has 0 amide bonds. The van der Waals surface area contributed by atoms with E-state index in [9.17, 15) is 0 Å². The topological polar surface area (TPSA) is 65.7 Å². The molecule has 0 radical (unpaired) electrons. The first-order valence-electron chi connectivity index (χ1n) is 6.54. The predicted octanol–water partition coefficient (Wildman–Crippen LogP) is 1.61. The van der Waals surface area contributed by atoms with Crippen molar-refractivity contribution >= 4 is 16.4 Å². The lowest BCUT2D eigenvalue weighted by atomic mass is 10.2. The Morgan fingerprint density at radius 2 is 2.10 bits per heavy atom. The fraction of sp³-hybridized carbons (Fsp3) is 0.462. The molecule has 20 heavy (non-hydrogen) atoms. The van der Waals surface area contributed by atoms with E-state index in [4.69, 9.17) is 4.74 Å². The molecule has 1 fully saturated rings. The van der Waals surface area contributed by atoms with E-state index in [-0.39, 0.29) is 6.10 Å². The Hall–Kier alpha value is -1.76. The van der Waals surface area contributed by atoms with Crippen LogP contribution >= 0.6 is 10.5 Å². The monoisotopic (exact) mass is 291 g/mol. The van der Waals surface area contributed by atoms with E-state index < -0.39 is 0 Å². The second-order valence-electron chi connectivity index (χ2n) is 4.81. The highest BCUT2D eigenvalue weighted by atomic mass is 32.2. The normalized spacial score (nSPS) is 22.6. The highest BCUT2D eigenvalue weighted by Crippen LogP contribution is 2.27. The van der Waals surface area contributed by atoms with Crippen molar-refractivity contribution in [2.45, 2.75) is 25.9 Å². The molecule has 0 spiro atoms. The number of ether oxygens (including phenoxy) is 1. The van der Waals surface area contributed by atoms with Gasteiger partial charge in [0.05, 0.1) is 5.56 Å². The van der Waals surface area contributed by atoms with E-state index in [2.05, 4.69) is 25.9 Å². The smallest absolute Gasteiger partial charge is 0.221 e. The second-order valence-corrected chi connectivity index (χ2v) is 6.85. The fourth-order valence-corrected chi connectivity index (χ4v) is 3.61. The van der Waals surface area contributed by atoms with Gasteiger partial charge in [0, 0.05) is 0 Å². The van der Waals surface area contributed by atoms with Gasteiger partial charge in [0.25, 0.3) is 0 Å². The number of aromatic nitrogens is 5. The van der Waals surface area contributed by atoms with Gasteiger partial charge in [-0.05, 0) is 31.3 Å². The average Bonchev–Trinajstić information content (AvgIpc) is 2.97. The molecule has 1 saturated heterocycles. The van der Waals surface area contributed by atoms with Gasteiger partial charge in [-0.2, -0.15) is 15.6 Å². The van der Waals surface area contributed by atoms with Crippen molar-refractivity contribution in [2.24, 2.45) is 0 Å². The molecule has 0 atom stereocenters. The molecule has 0 saturated carbocycles. The first kappa shape index (κ1) is 13.2. The molecular formula is C13H17N5OS. The second kappa shape index (κ2) is 5.70. The summed E-state index contributed by atoms with van der Waals surface area (Å²) >= 11 is 0. The Morgan fingerprint density at radius 3 is 2.80 bits per heavy atom. The molecule has 1 aliphatic rings. The van der Waals surface area contributed by atoms with Gasteiger partial charge >= 0.3 is 0 Å². The largest absolute Gasteiger partial charge is 0.474 e. The van der Waals surface area contributed by atoms with Crippen LogP contribution in [-0.4, -0.2) is 48.2 Å². The lowest BCUT2D eigenvalue weighted by molar-refractivity contribution is 0.182. The van der Waals surface area contributed by atoms with Gasteiger partial charge in [0.1, 0.15) is 25.1 Å². The molecule has 7 heteroatoms. The Balaban J connectivity index is 1.80. The van der Waals surface area contributed by atoms with Gasteiger partial charge in [-0.1, -0.05) is 5.87 Å². The summed E-state index contributed by atoms with van der Waals surface area (Å²) in [6.07, 6.45) is 6.95. The lowest BCUT2D eigenvalue weighted by Crippen LogP contribution is -2.24. The summed E-state index contributed by atoms with van der Waals surface area (Å²) in [6.45, 7) is 1.95. The summed E-state index contributed by atoms with van der Waals surface area (Å²) in [4.78, 5) is 12.4. The van der Waals surface area contributed by atoms with Crippen LogP contribution in [0, 0.1) is 6.92 Å². The zero-order chi connectivity index (χ0) is 13.9. The van der Waals surface area contributed by atoms with Crippen LogP contribution in [0.5, 0.6) is 5.88 Å². The van der Waals surface area contributed by atoms with E-state index >= 15 is 0 Å². The Bertz CT molecular complexity index is 603. The molecule has 0 unspecified atom stereocenters. The minimum Gasteiger partial charge on any atom is -0.474 e. The van der Waals surface area contributed by atoms with E-state index in [1.165, 1.54) is 12.7 Å². The maximum Gasteiger partial charge on any atom is 0.221 e. The van der Waals surface area contributed by atoms with Crippen LogP contribution in [0.1, 0.15) is 18.4 Å². The highest BCUT2D eigenvalue weighted by molar-refractivity contribution is 8.14. The third-order valence-electron chi connectivity index (χ3n) is 3.38. The number of rotatable bonds is 3. The van der Waals surface area contributed by atoms with Crippen LogP contribution in [0.4, 0.5) is 0 Å².